The van der Waals surface area contributed by atoms with Crippen molar-refractivity contribution in [1.82, 2.24) is 19.8 Å². The molecule has 2 N–H and O–H groups in total. The topological polar surface area (TPSA) is 87.5 Å². The van der Waals surface area contributed by atoms with Crippen molar-refractivity contribution in [1.29, 1.82) is 0 Å². The molecular formula is C12H20N4O3. The lowest BCUT2D eigenvalue weighted by Gasteiger charge is -2.34. The van der Waals surface area contributed by atoms with Crippen molar-refractivity contribution in [2.75, 3.05) is 6.54 Å². The van der Waals surface area contributed by atoms with Crippen molar-refractivity contribution >= 4 is 12.0 Å². The average Bonchev–Trinajstić information content (AvgIpc) is 2.67. The van der Waals surface area contributed by atoms with E-state index in [9.17, 15) is 9.59 Å². The van der Waals surface area contributed by atoms with Crippen LogP contribution in [-0.2, 0) is 18.4 Å². The Bertz CT molecular complexity index is 462. The van der Waals surface area contributed by atoms with Gasteiger partial charge in [-0.3, -0.25) is 4.79 Å². The average molecular weight is 268 g/mol. The van der Waals surface area contributed by atoms with Crippen molar-refractivity contribution < 1.29 is 14.7 Å². The standard InChI is InChI=1S/C12H20N4O3/c1-12(2,3)16(8-10(17)18)11(19)14-7-9-13-5-6-15(9)4/h5-6H,7-8H2,1-4H3,(H,14,19)(H,17,18). The minimum absolute atomic E-state index is 0.258. The molecule has 1 aromatic heterocycles. The second-order valence-corrected chi connectivity index (χ2v) is 5.26. The van der Waals surface area contributed by atoms with E-state index >= 15 is 0 Å². The first-order valence-electron chi connectivity index (χ1n) is 5.95. The smallest absolute Gasteiger partial charge is 0.323 e. The number of nitrogens with zero attached hydrogens (tertiary/aromatic N) is 3. The molecule has 19 heavy (non-hydrogen) atoms. The van der Waals surface area contributed by atoms with Crippen LogP contribution in [0.2, 0.25) is 0 Å². The number of carbonyl (C=O) groups excluding carboxylic acids is 1. The fourth-order valence-electron chi connectivity index (χ4n) is 1.57. The predicted octanol–water partition coefficient (Wildman–Crippen LogP) is 0.815. The number of carbonyl (C=O) groups is 2. The van der Waals surface area contributed by atoms with E-state index in [1.165, 1.54) is 4.90 Å². The van der Waals surface area contributed by atoms with Gasteiger partial charge >= 0.3 is 12.0 Å². The summed E-state index contributed by atoms with van der Waals surface area (Å²) < 4.78 is 1.79. The highest BCUT2D eigenvalue weighted by atomic mass is 16.4. The number of nitrogens with one attached hydrogen (secondary N) is 1. The molecule has 0 aliphatic carbocycles. The second-order valence-electron chi connectivity index (χ2n) is 5.26. The van der Waals surface area contributed by atoms with E-state index in [4.69, 9.17) is 5.11 Å². The molecule has 0 unspecified atom stereocenters. The molecule has 0 radical (unpaired) electrons. The van der Waals surface area contributed by atoms with Gasteiger partial charge in [0.2, 0.25) is 0 Å². The third-order valence-corrected chi connectivity index (χ3v) is 2.67. The van der Waals surface area contributed by atoms with Crippen LogP contribution in [0.15, 0.2) is 12.4 Å². The molecule has 1 rings (SSSR count). The summed E-state index contributed by atoms with van der Waals surface area (Å²) in [5, 5.41) is 11.5. The van der Waals surface area contributed by atoms with Gasteiger partial charge in [0.1, 0.15) is 12.4 Å². The SMILES string of the molecule is Cn1ccnc1CNC(=O)N(CC(=O)O)C(C)(C)C. The molecule has 0 aromatic carbocycles. The van der Waals surface area contributed by atoms with Crippen molar-refractivity contribution in [2.45, 2.75) is 32.9 Å². The first-order chi connectivity index (χ1) is 8.71. The molecule has 0 bridgehead atoms. The van der Waals surface area contributed by atoms with E-state index in [2.05, 4.69) is 10.3 Å². The first kappa shape index (κ1) is 15.0. The zero-order chi connectivity index (χ0) is 14.6. The summed E-state index contributed by atoms with van der Waals surface area (Å²) in [5.74, 6) is -0.334. The van der Waals surface area contributed by atoms with Crippen LogP contribution in [0.25, 0.3) is 0 Å². The molecule has 0 spiro atoms. The van der Waals surface area contributed by atoms with Crippen molar-refractivity contribution in [2.24, 2.45) is 7.05 Å². The van der Waals surface area contributed by atoms with E-state index < -0.39 is 17.5 Å². The molecular weight excluding hydrogens is 248 g/mol. The molecule has 0 aliphatic rings. The Morgan fingerprint density at radius 3 is 2.53 bits per heavy atom. The summed E-state index contributed by atoms with van der Waals surface area (Å²) in [6.45, 7) is 5.29. The van der Waals surface area contributed by atoms with Crippen LogP contribution >= 0.6 is 0 Å². The molecule has 0 atom stereocenters. The molecule has 7 nitrogen and oxygen atoms in total. The maximum Gasteiger partial charge on any atom is 0.323 e. The van der Waals surface area contributed by atoms with Crippen LogP contribution in [0.4, 0.5) is 4.79 Å². The molecule has 0 aliphatic heterocycles. The van der Waals surface area contributed by atoms with Crippen LogP contribution in [0.3, 0.4) is 0 Å². The normalized spacial score (nSPS) is 11.2. The Labute approximate surface area is 112 Å². The number of urea groups is 1. The molecule has 7 heteroatoms. The number of aromatic nitrogens is 2. The van der Waals surface area contributed by atoms with Gasteiger partial charge in [0.15, 0.2) is 0 Å². The summed E-state index contributed by atoms with van der Waals surface area (Å²) in [7, 11) is 1.83. The highest BCUT2D eigenvalue weighted by molar-refractivity contribution is 5.80. The van der Waals surface area contributed by atoms with Crippen LogP contribution in [0.1, 0.15) is 26.6 Å². The fourth-order valence-corrected chi connectivity index (χ4v) is 1.57. The van der Waals surface area contributed by atoms with Gasteiger partial charge < -0.3 is 19.9 Å². The summed E-state index contributed by atoms with van der Waals surface area (Å²) in [6, 6.07) is -0.419. The predicted molar refractivity (Wildman–Crippen MR) is 69.5 cm³/mol. The maximum absolute atomic E-state index is 12.0. The summed E-state index contributed by atoms with van der Waals surface area (Å²) in [6.07, 6.45) is 3.42. The van der Waals surface area contributed by atoms with Crippen molar-refractivity contribution in [3.8, 4) is 0 Å². The zero-order valence-corrected chi connectivity index (χ0v) is 11.7. The highest BCUT2D eigenvalue weighted by Gasteiger charge is 2.28. The Kier molecular flexibility index (Phi) is 4.52. The number of carboxylic acid groups (broad SMARTS) is 1. The van der Waals surface area contributed by atoms with Gasteiger partial charge in [0.25, 0.3) is 0 Å². The fraction of sp³-hybridized carbons (Fsp3) is 0.583. The molecule has 0 saturated carbocycles. The van der Waals surface area contributed by atoms with E-state index in [1.54, 1.807) is 37.7 Å². The lowest BCUT2D eigenvalue weighted by molar-refractivity contribution is -0.138. The number of hydrogen-bond acceptors (Lipinski definition) is 3. The minimum atomic E-state index is -1.04. The first-order valence-corrected chi connectivity index (χ1v) is 5.95. The Morgan fingerprint density at radius 1 is 1.47 bits per heavy atom. The Hall–Kier alpha value is -2.05. The number of amides is 2. The number of imidazole rings is 1. The van der Waals surface area contributed by atoms with Gasteiger partial charge in [-0.1, -0.05) is 0 Å². The zero-order valence-electron chi connectivity index (χ0n) is 11.7. The number of rotatable bonds is 4. The van der Waals surface area contributed by atoms with Crippen LogP contribution in [0, 0.1) is 0 Å². The molecule has 1 aromatic rings. The quantitative estimate of drug-likeness (QED) is 0.846. The Balaban J connectivity index is 2.67. The monoisotopic (exact) mass is 268 g/mol. The number of aryl methyl sites for hydroxylation is 1. The van der Waals surface area contributed by atoms with E-state index in [0.717, 1.165) is 0 Å². The lowest BCUT2D eigenvalue weighted by atomic mass is 10.1. The molecule has 0 fully saturated rings. The van der Waals surface area contributed by atoms with Crippen molar-refractivity contribution in [3.63, 3.8) is 0 Å². The molecule has 2 amide bonds. The van der Waals surface area contributed by atoms with Gasteiger partial charge in [0, 0.05) is 25.0 Å². The van der Waals surface area contributed by atoms with Gasteiger partial charge in [-0.2, -0.15) is 0 Å². The van der Waals surface area contributed by atoms with Crippen LogP contribution < -0.4 is 5.32 Å². The highest BCUT2D eigenvalue weighted by Crippen LogP contribution is 2.13. The third kappa shape index (κ3) is 4.27. The lowest BCUT2D eigenvalue weighted by Crippen LogP contribution is -2.52. The molecule has 106 valence electrons. The van der Waals surface area contributed by atoms with Crippen LogP contribution in [-0.4, -0.2) is 43.6 Å². The number of aliphatic carboxylic acids is 1. The largest absolute Gasteiger partial charge is 0.480 e. The maximum atomic E-state index is 12.0. The van der Waals surface area contributed by atoms with Gasteiger partial charge in [-0.25, -0.2) is 9.78 Å². The number of carboxylic acids is 1. The second kappa shape index (κ2) is 5.73. The van der Waals surface area contributed by atoms with Crippen molar-refractivity contribution in [3.05, 3.63) is 18.2 Å². The van der Waals surface area contributed by atoms with E-state index in [1.807, 2.05) is 7.05 Å². The van der Waals surface area contributed by atoms with Gasteiger partial charge in [0.05, 0.1) is 6.54 Å². The summed E-state index contributed by atoms with van der Waals surface area (Å²) >= 11 is 0. The Morgan fingerprint density at radius 2 is 2.11 bits per heavy atom. The molecule has 0 saturated heterocycles. The van der Waals surface area contributed by atoms with Gasteiger partial charge in [-0.15, -0.1) is 0 Å². The van der Waals surface area contributed by atoms with E-state index in [-0.39, 0.29) is 13.1 Å². The molecule has 1 heterocycles. The third-order valence-electron chi connectivity index (χ3n) is 2.67. The minimum Gasteiger partial charge on any atom is -0.480 e. The summed E-state index contributed by atoms with van der Waals surface area (Å²) in [4.78, 5) is 28.2. The van der Waals surface area contributed by atoms with E-state index in [0.29, 0.717) is 5.82 Å². The summed E-state index contributed by atoms with van der Waals surface area (Å²) in [5.41, 5.74) is -0.565. The van der Waals surface area contributed by atoms with Crippen LogP contribution in [0.5, 0.6) is 0 Å². The number of hydrogen-bond donors (Lipinski definition) is 2. The van der Waals surface area contributed by atoms with Gasteiger partial charge in [-0.05, 0) is 20.8 Å².